The van der Waals surface area contributed by atoms with Crippen LogP contribution in [0.15, 0.2) is 10.9 Å². The van der Waals surface area contributed by atoms with Crippen molar-refractivity contribution in [3.8, 4) is 0 Å². The van der Waals surface area contributed by atoms with Crippen LogP contribution in [0.4, 0.5) is 0 Å². The molecular formula is C11H17N5O2. The molecule has 7 heteroatoms. The smallest absolute Gasteiger partial charge is 0.274 e. The van der Waals surface area contributed by atoms with E-state index >= 15 is 0 Å². The molecule has 2 rings (SSSR count). The first-order valence-electron chi connectivity index (χ1n) is 5.82. The fourth-order valence-electron chi connectivity index (χ4n) is 1.76. The van der Waals surface area contributed by atoms with Crippen molar-refractivity contribution >= 4 is 5.78 Å². The number of nitrogens with two attached hydrogens (primary N) is 1. The van der Waals surface area contributed by atoms with Crippen molar-refractivity contribution in [3.63, 3.8) is 0 Å². The molecule has 0 aliphatic heterocycles. The highest BCUT2D eigenvalue weighted by molar-refractivity contribution is 5.28. The van der Waals surface area contributed by atoms with Crippen molar-refractivity contribution in [2.75, 3.05) is 13.7 Å². The second-order valence-electron chi connectivity index (χ2n) is 4.22. The van der Waals surface area contributed by atoms with Gasteiger partial charge in [-0.05, 0) is 19.8 Å². The fraction of sp³-hybridized carbons (Fsp3) is 0.545. The van der Waals surface area contributed by atoms with Crippen LogP contribution in [0.1, 0.15) is 30.4 Å². The van der Waals surface area contributed by atoms with E-state index in [1.54, 1.807) is 14.0 Å². The van der Waals surface area contributed by atoms with Crippen molar-refractivity contribution in [1.29, 1.82) is 0 Å². The Morgan fingerprint density at radius 3 is 3.06 bits per heavy atom. The van der Waals surface area contributed by atoms with Crippen molar-refractivity contribution in [3.05, 3.63) is 27.9 Å². The van der Waals surface area contributed by atoms with Gasteiger partial charge in [0.2, 0.25) is 0 Å². The maximum atomic E-state index is 11.7. The van der Waals surface area contributed by atoms with Gasteiger partial charge >= 0.3 is 0 Å². The molecule has 0 aromatic carbocycles. The van der Waals surface area contributed by atoms with Crippen LogP contribution in [0.25, 0.3) is 5.78 Å². The van der Waals surface area contributed by atoms with Gasteiger partial charge in [-0.15, -0.1) is 0 Å². The van der Waals surface area contributed by atoms with Crippen molar-refractivity contribution < 1.29 is 4.74 Å². The van der Waals surface area contributed by atoms with Crippen molar-refractivity contribution in [1.82, 2.24) is 19.6 Å². The van der Waals surface area contributed by atoms with Crippen LogP contribution in [-0.2, 0) is 4.74 Å². The van der Waals surface area contributed by atoms with Crippen molar-refractivity contribution in [2.45, 2.75) is 25.8 Å². The second-order valence-corrected chi connectivity index (χ2v) is 4.22. The number of aromatic amines is 1. The molecule has 1 unspecified atom stereocenters. The molecule has 0 radical (unpaired) electrons. The van der Waals surface area contributed by atoms with E-state index in [1.807, 2.05) is 0 Å². The van der Waals surface area contributed by atoms with Crippen LogP contribution >= 0.6 is 0 Å². The van der Waals surface area contributed by atoms with Gasteiger partial charge in [0, 0.05) is 25.5 Å². The summed E-state index contributed by atoms with van der Waals surface area (Å²) in [5, 5.41) is 2.88. The maximum absolute atomic E-state index is 11.7. The van der Waals surface area contributed by atoms with Gasteiger partial charge in [0.25, 0.3) is 11.3 Å². The van der Waals surface area contributed by atoms with Gasteiger partial charge in [-0.1, -0.05) is 0 Å². The van der Waals surface area contributed by atoms with E-state index in [2.05, 4.69) is 15.1 Å². The van der Waals surface area contributed by atoms with Gasteiger partial charge in [-0.25, -0.2) is 4.98 Å². The van der Waals surface area contributed by atoms with E-state index in [1.165, 1.54) is 10.6 Å². The lowest BCUT2D eigenvalue weighted by Gasteiger charge is -2.06. The predicted molar refractivity (Wildman–Crippen MR) is 66.4 cm³/mol. The number of fused-ring (bicyclic) bond motifs is 1. The molecule has 18 heavy (non-hydrogen) atoms. The van der Waals surface area contributed by atoms with Gasteiger partial charge in [-0.3, -0.25) is 9.89 Å². The lowest BCUT2D eigenvalue weighted by molar-refractivity contribution is 0.190. The number of hydrogen-bond acceptors (Lipinski definition) is 5. The summed E-state index contributed by atoms with van der Waals surface area (Å²) < 4.78 is 6.27. The van der Waals surface area contributed by atoms with Crippen LogP contribution in [0, 0.1) is 6.92 Å². The summed E-state index contributed by atoms with van der Waals surface area (Å²) in [6, 6.07) is 1.20. The van der Waals surface area contributed by atoms with Gasteiger partial charge in [0.1, 0.15) is 5.82 Å². The van der Waals surface area contributed by atoms with E-state index in [4.69, 9.17) is 10.5 Å². The third-order valence-electron chi connectivity index (χ3n) is 2.69. The summed E-state index contributed by atoms with van der Waals surface area (Å²) in [6.45, 7) is 2.42. The maximum Gasteiger partial charge on any atom is 0.274 e. The molecule has 0 aliphatic carbocycles. The fourth-order valence-corrected chi connectivity index (χ4v) is 1.76. The number of methoxy groups -OCH3 is 1. The Kier molecular flexibility index (Phi) is 3.73. The number of nitrogens with one attached hydrogen (secondary N) is 1. The Hall–Kier alpha value is -1.73. The van der Waals surface area contributed by atoms with Crippen LogP contribution < -0.4 is 11.3 Å². The first-order valence-corrected chi connectivity index (χ1v) is 5.82. The molecule has 0 bridgehead atoms. The van der Waals surface area contributed by atoms with Gasteiger partial charge < -0.3 is 10.5 Å². The summed E-state index contributed by atoms with van der Waals surface area (Å²) in [5.74, 6) is 0.929. The van der Waals surface area contributed by atoms with E-state index in [0.717, 1.165) is 12.8 Å². The monoisotopic (exact) mass is 251 g/mol. The number of ether oxygens (including phenoxy) is 1. The number of H-pyrrole nitrogens is 1. The second kappa shape index (κ2) is 5.28. The Morgan fingerprint density at radius 1 is 1.56 bits per heavy atom. The molecular weight excluding hydrogens is 234 g/mol. The number of nitrogens with zero attached hydrogens (tertiary/aromatic N) is 3. The molecule has 2 aromatic rings. The van der Waals surface area contributed by atoms with Gasteiger partial charge in [-0.2, -0.15) is 9.50 Å². The number of aromatic nitrogens is 4. The average molecular weight is 251 g/mol. The van der Waals surface area contributed by atoms with Crippen LogP contribution in [0.5, 0.6) is 0 Å². The number of aryl methyl sites for hydroxylation is 1. The SMILES string of the molecule is COCCCC(N)c1nc2nc(C)cc(=O)n2[nH]1. The highest BCUT2D eigenvalue weighted by Gasteiger charge is 2.12. The summed E-state index contributed by atoms with van der Waals surface area (Å²) in [6.07, 6.45) is 1.58. The minimum absolute atomic E-state index is 0.180. The van der Waals surface area contributed by atoms with Gasteiger partial charge in [0.05, 0.1) is 6.04 Å². The average Bonchev–Trinajstić information content (AvgIpc) is 2.73. The summed E-state index contributed by atoms with van der Waals surface area (Å²) in [4.78, 5) is 20.1. The first-order chi connectivity index (χ1) is 8.61. The molecule has 0 saturated carbocycles. The summed E-state index contributed by atoms with van der Waals surface area (Å²) in [7, 11) is 1.65. The Bertz CT molecular complexity index is 589. The largest absolute Gasteiger partial charge is 0.385 e. The minimum Gasteiger partial charge on any atom is -0.385 e. The first kappa shape index (κ1) is 12.7. The summed E-state index contributed by atoms with van der Waals surface area (Å²) >= 11 is 0. The lowest BCUT2D eigenvalue weighted by atomic mass is 10.2. The minimum atomic E-state index is -0.249. The standard InChI is InChI=1S/C11H17N5O2/c1-7-6-9(17)16-11(13-7)14-10(15-16)8(12)4-3-5-18-2/h6,8H,3-5,12H2,1-2H3,(H,13,14,15). The number of rotatable bonds is 5. The topological polar surface area (TPSA) is 98.3 Å². The number of hydrogen-bond donors (Lipinski definition) is 2. The van der Waals surface area contributed by atoms with E-state index in [0.29, 0.717) is 23.9 Å². The molecule has 0 aliphatic rings. The molecule has 3 N–H and O–H groups in total. The molecule has 98 valence electrons. The third kappa shape index (κ3) is 2.57. The Morgan fingerprint density at radius 2 is 2.33 bits per heavy atom. The normalized spacial score (nSPS) is 13.1. The van der Waals surface area contributed by atoms with Crippen LogP contribution in [-0.4, -0.2) is 33.3 Å². The molecule has 2 heterocycles. The van der Waals surface area contributed by atoms with Gasteiger partial charge in [0.15, 0.2) is 0 Å². The van der Waals surface area contributed by atoms with Crippen molar-refractivity contribution in [2.24, 2.45) is 5.73 Å². The molecule has 0 fully saturated rings. The van der Waals surface area contributed by atoms with Crippen LogP contribution in [0.3, 0.4) is 0 Å². The Labute approximate surface area is 104 Å². The zero-order valence-corrected chi connectivity index (χ0v) is 10.5. The van der Waals surface area contributed by atoms with E-state index < -0.39 is 0 Å². The van der Waals surface area contributed by atoms with E-state index in [-0.39, 0.29) is 11.6 Å². The zero-order valence-electron chi connectivity index (χ0n) is 10.5. The Balaban J connectivity index is 2.24. The highest BCUT2D eigenvalue weighted by atomic mass is 16.5. The molecule has 0 amide bonds. The molecule has 0 spiro atoms. The molecule has 7 nitrogen and oxygen atoms in total. The zero-order chi connectivity index (χ0) is 13.1. The molecule has 2 aromatic heterocycles. The predicted octanol–water partition coefficient (Wildman–Crippen LogP) is 0.152. The van der Waals surface area contributed by atoms with Crippen LogP contribution in [0.2, 0.25) is 0 Å². The lowest BCUT2D eigenvalue weighted by Crippen LogP contribution is -2.16. The molecule has 0 saturated heterocycles. The highest BCUT2D eigenvalue weighted by Crippen LogP contribution is 2.11. The summed E-state index contributed by atoms with van der Waals surface area (Å²) in [5.41, 5.74) is 6.46. The quantitative estimate of drug-likeness (QED) is 0.737. The van der Waals surface area contributed by atoms with E-state index in [9.17, 15) is 4.79 Å². The third-order valence-corrected chi connectivity index (χ3v) is 2.69. The molecule has 1 atom stereocenters.